The molecule has 0 saturated carbocycles. The molecule has 3 aliphatic heterocycles. The summed E-state index contributed by atoms with van der Waals surface area (Å²) in [7, 11) is 1.20. The standard InChI is InChI=1S/C27H33BN6O6/c1-27(2,3)39-25(35)30-24(28-37-17-29)32-13-19(14-32)11-21-12-22(31-40-21)23-10-9-20-15-33(23)26(36)34(20)38-16-18-7-5-4-6-8-18/h4-8,12,19-20,23H,9-11,13-16H2,1-3H3,(H,30,35)/t20-,23+/m1/s1. The van der Waals surface area contributed by atoms with E-state index in [0.717, 1.165) is 29.9 Å². The van der Waals surface area contributed by atoms with Crippen LogP contribution in [0.25, 0.3) is 0 Å². The molecular formula is C27H33BN6O6. The summed E-state index contributed by atoms with van der Waals surface area (Å²) >= 11 is 0. The van der Waals surface area contributed by atoms with E-state index in [4.69, 9.17) is 24.0 Å². The first-order valence-corrected chi connectivity index (χ1v) is 13.4. The summed E-state index contributed by atoms with van der Waals surface area (Å²) in [6, 6.07) is 11.5. The normalized spacial score (nSPS) is 21.0. The molecule has 1 aromatic carbocycles. The predicted molar refractivity (Wildman–Crippen MR) is 143 cm³/mol. The number of hydrogen-bond acceptors (Lipinski definition) is 9. The summed E-state index contributed by atoms with van der Waals surface area (Å²) in [5.74, 6) is 0.988. The number of ether oxygens (including phenoxy) is 1. The summed E-state index contributed by atoms with van der Waals surface area (Å²) in [4.78, 5) is 35.0. The molecule has 1 N–H and O–H groups in total. The van der Waals surface area contributed by atoms with Crippen LogP contribution < -0.4 is 5.32 Å². The van der Waals surface area contributed by atoms with Crippen LogP contribution in [0.2, 0.25) is 0 Å². The van der Waals surface area contributed by atoms with Crippen LogP contribution in [0.1, 0.15) is 56.7 Å². The molecule has 3 aliphatic rings. The molecule has 0 spiro atoms. The average Bonchev–Trinajstić information content (AvgIpc) is 3.45. The van der Waals surface area contributed by atoms with Crippen molar-refractivity contribution >= 4 is 25.0 Å². The molecule has 2 bridgehead atoms. The van der Waals surface area contributed by atoms with Gasteiger partial charge < -0.3 is 0 Å². The molecule has 3 saturated heterocycles. The topological polar surface area (TPSA) is 133 Å². The fourth-order valence-corrected chi connectivity index (χ4v) is 5.26. The van der Waals surface area contributed by atoms with Crippen molar-refractivity contribution in [1.82, 2.24) is 25.3 Å². The molecule has 1 aromatic heterocycles. The summed E-state index contributed by atoms with van der Waals surface area (Å²) < 4.78 is 15.7. The Morgan fingerprint density at radius 3 is 2.73 bits per heavy atom. The number of hydrogen-bond donors (Lipinski definition) is 1. The Morgan fingerprint density at radius 1 is 1.23 bits per heavy atom. The molecule has 12 nitrogen and oxygen atoms in total. The number of aromatic nitrogens is 1. The quantitative estimate of drug-likeness (QED) is 0.371. The second-order valence-electron chi connectivity index (χ2n) is 11.3. The van der Waals surface area contributed by atoms with Gasteiger partial charge in [-0.05, 0) is 5.56 Å². The van der Waals surface area contributed by atoms with Crippen LogP contribution in [0.5, 0.6) is 0 Å². The second kappa shape index (κ2) is 11.6. The number of carbonyl (C=O) groups excluding carboxylic acids is 2. The molecule has 0 unspecified atom stereocenters. The first-order chi connectivity index (χ1) is 19.2. The predicted octanol–water partition coefficient (Wildman–Crippen LogP) is 2.95. The van der Waals surface area contributed by atoms with E-state index >= 15 is 0 Å². The molecule has 4 heterocycles. The van der Waals surface area contributed by atoms with Crippen molar-refractivity contribution in [1.29, 1.82) is 5.26 Å². The third kappa shape index (κ3) is 6.39. The molecule has 40 heavy (non-hydrogen) atoms. The van der Waals surface area contributed by atoms with Gasteiger partial charge in [0.1, 0.15) is 6.61 Å². The van der Waals surface area contributed by atoms with Crippen molar-refractivity contribution in [2.45, 2.75) is 64.3 Å². The fraction of sp³-hybridized carbons (Fsp3) is 0.519. The number of piperidine rings is 1. The van der Waals surface area contributed by atoms with Gasteiger partial charge in [0, 0.05) is 0 Å². The molecule has 2 atom stereocenters. The molecule has 2 aromatic rings. The van der Waals surface area contributed by atoms with E-state index < -0.39 is 11.7 Å². The first-order valence-electron chi connectivity index (χ1n) is 13.4. The van der Waals surface area contributed by atoms with Gasteiger partial charge in [0.15, 0.2) is 0 Å². The van der Waals surface area contributed by atoms with Crippen LogP contribution in [0, 0.1) is 17.4 Å². The third-order valence-electron chi connectivity index (χ3n) is 7.09. The van der Waals surface area contributed by atoms with Gasteiger partial charge in [-0.3, -0.25) is 4.84 Å². The first kappa shape index (κ1) is 27.5. The Kier molecular flexibility index (Phi) is 7.98. The number of nitrogens with zero attached hydrogens (tertiary/aromatic N) is 5. The van der Waals surface area contributed by atoms with Crippen LogP contribution in [-0.2, 0) is 27.3 Å². The van der Waals surface area contributed by atoms with Crippen molar-refractivity contribution in [2.75, 3.05) is 19.6 Å². The van der Waals surface area contributed by atoms with Crippen molar-refractivity contribution in [3.63, 3.8) is 0 Å². The van der Waals surface area contributed by atoms with Gasteiger partial charge in [0.2, 0.25) is 0 Å². The monoisotopic (exact) mass is 548 g/mol. The van der Waals surface area contributed by atoms with E-state index in [1.54, 1.807) is 27.0 Å². The van der Waals surface area contributed by atoms with E-state index in [2.05, 4.69) is 10.5 Å². The number of urea groups is 1. The number of alkyl carbamates (subject to hydrolysis) is 1. The molecule has 3 amide bonds. The van der Waals surface area contributed by atoms with E-state index in [1.165, 1.54) is 12.2 Å². The van der Waals surface area contributed by atoms with Crippen molar-refractivity contribution < 1.29 is 28.3 Å². The van der Waals surface area contributed by atoms with Gasteiger partial charge in [-0.25, -0.2) is 0 Å². The number of hydroxylamine groups is 2. The number of carbonyl (C=O) groups is 2. The number of likely N-dealkylation sites (tertiary alicyclic amines) is 1. The Bertz CT molecular complexity index is 1280. The molecule has 0 aliphatic carbocycles. The van der Waals surface area contributed by atoms with Gasteiger partial charge in [0.05, 0.1) is 0 Å². The number of benzene rings is 1. The zero-order chi connectivity index (χ0) is 28.3. The van der Waals surface area contributed by atoms with Crippen molar-refractivity contribution in [3.05, 3.63) is 53.4 Å². The van der Waals surface area contributed by atoms with E-state index in [9.17, 15) is 9.59 Å². The summed E-state index contributed by atoms with van der Waals surface area (Å²) in [5.41, 5.74) is 1.46. The van der Waals surface area contributed by atoms with Gasteiger partial charge in [-0.15, -0.1) is 0 Å². The number of fused-ring (bicyclic) bond motifs is 2. The molecule has 13 heteroatoms. The van der Waals surface area contributed by atoms with Gasteiger partial charge >= 0.3 is 186 Å². The number of amides is 3. The summed E-state index contributed by atoms with van der Waals surface area (Å²) in [5, 5.41) is 17.2. The van der Waals surface area contributed by atoms with E-state index in [0.29, 0.717) is 38.4 Å². The van der Waals surface area contributed by atoms with Crippen molar-refractivity contribution in [2.24, 2.45) is 5.92 Å². The van der Waals surface area contributed by atoms with Crippen LogP contribution in [-0.4, -0.2) is 76.3 Å². The maximum absolute atomic E-state index is 13.1. The minimum absolute atomic E-state index is 0.0290. The molecule has 210 valence electrons. The fourth-order valence-electron chi connectivity index (χ4n) is 5.26. The minimum atomic E-state index is -0.654. The number of rotatable bonds is 9. The maximum atomic E-state index is 13.1. The summed E-state index contributed by atoms with van der Waals surface area (Å²) in [6.45, 7) is 7.51. The Hall–Kier alpha value is -4.05. The van der Waals surface area contributed by atoms with Crippen LogP contribution in [0.4, 0.5) is 9.59 Å². The van der Waals surface area contributed by atoms with E-state index in [1.807, 2.05) is 46.2 Å². The summed E-state index contributed by atoms with van der Waals surface area (Å²) in [6.07, 6.45) is 3.22. The van der Waals surface area contributed by atoms with Gasteiger partial charge in [-0.1, -0.05) is 30.3 Å². The molecule has 0 radical (unpaired) electrons. The number of nitriles is 1. The Balaban J connectivity index is 1.13. The van der Waals surface area contributed by atoms with Crippen LogP contribution in [0.3, 0.4) is 0 Å². The second-order valence-corrected chi connectivity index (χ2v) is 11.3. The van der Waals surface area contributed by atoms with Crippen LogP contribution in [0.15, 0.2) is 40.9 Å². The average molecular weight is 548 g/mol. The SMILES string of the molecule is CC(C)(C)OC(=O)NC(=BOC#N)N1CC(Cc2cc([C@@H]3CC[C@@H]4CN3C(=O)N4OCc3ccccc3)no2)C1. The Labute approximate surface area is 233 Å². The zero-order valence-electron chi connectivity index (χ0n) is 22.9. The van der Waals surface area contributed by atoms with Gasteiger partial charge in [-0.2, -0.15) is 0 Å². The van der Waals surface area contributed by atoms with Crippen molar-refractivity contribution in [3.8, 4) is 6.26 Å². The van der Waals surface area contributed by atoms with Crippen LogP contribution >= 0.6 is 0 Å². The Morgan fingerprint density at radius 2 is 2.00 bits per heavy atom. The third-order valence-corrected chi connectivity index (χ3v) is 7.09. The zero-order valence-corrected chi connectivity index (χ0v) is 22.9. The molecule has 5 rings (SSSR count). The van der Waals surface area contributed by atoms with E-state index in [-0.39, 0.29) is 24.0 Å². The molecule has 3 fully saturated rings. The number of nitrogens with one attached hydrogen (secondary N) is 1. The van der Waals surface area contributed by atoms with Gasteiger partial charge in [0.25, 0.3) is 0 Å². The molecular weight excluding hydrogens is 515 g/mol.